The van der Waals surface area contributed by atoms with Gasteiger partial charge in [0.2, 0.25) is 6.43 Å². The number of hydrogen-bond acceptors (Lipinski definition) is 2. The summed E-state index contributed by atoms with van der Waals surface area (Å²) in [6, 6.07) is 0. The highest BCUT2D eigenvalue weighted by Crippen LogP contribution is 2.32. The largest absolute Gasteiger partial charge is 0.465 e. The summed E-state index contributed by atoms with van der Waals surface area (Å²) in [6.45, 7) is 3.28. The first-order valence-electron chi connectivity index (χ1n) is 5.38. The minimum absolute atomic E-state index is 0.254. The molecule has 0 radical (unpaired) electrons. The number of halogens is 2. The fourth-order valence-corrected chi connectivity index (χ4v) is 2.10. The first-order chi connectivity index (χ1) is 7.10. The molecule has 1 unspecified atom stereocenters. The first kappa shape index (κ1) is 12.4. The molecule has 2 N–H and O–H groups in total. The van der Waals surface area contributed by atoms with Crippen molar-refractivity contribution < 1.29 is 23.6 Å². The molecule has 1 aliphatic rings. The number of alkyl halides is 2. The van der Waals surface area contributed by atoms with Crippen molar-refractivity contribution in [2.75, 3.05) is 19.7 Å². The molecule has 0 amide bonds. The molecule has 15 heavy (non-hydrogen) atoms. The van der Waals surface area contributed by atoms with Gasteiger partial charge in [0.1, 0.15) is 5.41 Å². The first-order valence-corrected chi connectivity index (χ1v) is 5.38. The van der Waals surface area contributed by atoms with Gasteiger partial charge in [0.15, 0.2) is 0 Å². The highest BCUT2D eigenvalue weighted by atomic mass is 19.3. The van der Waals surface area contributed by atoms with Crippen molar-refractivity contribution in [1.82, 2.24) is 0 Å². The summed E-state index contributed by atoms with van der Waals surface area (Å²) < 4.78 is 29.8. The van der Waals surface area contributed by atoms with Crippen molar-refractivity contribution in [2.45, 2.75) is 32.6 Å². The van der Waals surface area contributed by atoms with Gasteiger partial charge in [-0.05, 0) is 19.8 Å². The van der Waals surface area contributed by atoms with Gasteiger partial charge in [-0.3, -0.25) is 4.79 Å². The molecule has 0 aliphatic carbocycles. The normalized spacial score (nSPS) is 26.7. The predicted octanol–water partition coefficient (Wildman–Crippen LogP) is 0.548. The molecule has 5 heteroatoms. The summed E-state index contributed by atoms with van der Waals surface area (Å²) in [4.78, 5) is 11.7. The number of piperidine rings is 1. The Morgan fingerprint density at radius 3 is 2.80 bits per heavy atom. The Morgan fingerprint density at radius 2 is 2.33 bits per heavy atom. The summed E-state index contributed by atoms with van der Waals surface area (Å²) in [7, 11) is 0. The van der Waals surface area contributed by atoms with E-state index in [0.717, 1.165) is 13.0 Å². The second-order valence-corrected chi connectivity index (χ2v) is 3.98. The summed E-state index contributed by atoms with van der Waals surface area (Å²) in [5.41, 5.74) is -0.956. The van der Waals surface area contributed by atoms with E-state index in [1.807, 2.05) is 5.32 Å². The molecule has 1 fully saturated rings. The number of carbonyl (C=O) groups is 1. The van der Waals surface area contributed by atoms with Crippen LogP contribution in [0.5, 0.6) is 0 Å². The number of ether oxygens (including phenoxy) is 1. The van der Waals surface area contributed by atoms with Gasteiger partial charge in [-0.15, -0.1) is 0 Å². The van der Waals surface area contributed by atoms with Crippen molar-refractivity contribution in [1.29, 1.82) is 0 Å². The topological polar surface area (TPSA) is 42.9 Å². The molecule has 1 aliphatic heterocycles. The number of esters is 1. The van der Waals surface area contributed by atoms with Crippen LogP contribution >= 0.6 is 0 Å². The van der Waals surface area contributed by atoms with Crippen LogP contribution in [-0.2, 0) is 9.53 Å². The van der Waals surface area contributed by atoms with Crippen LogP contribution in [-0.4, -0.2) is 32.1 Å². The molecule has 1 saturated heterocycles. The molecular formula is C10H18F2NO2+. The lowest BCUT2D eigenvalue weighted by molar-refractivity contribution is -0.674. The molecule has 0 aromatic heterocycles. The average molecular weight is 222 g/mol. The Labute approximate surface area is 88.2 Å². The molecule has 3 nitrogen and oxygen atoms in total. The molecular weight excluding hydrogens is 204 g/mol. The molecule has 0 aromatic rings. The van der Waals surface area contributed by atoms with Crippen LogP contribution in [0.15, 0.2) is 0 Å². The van der Waals surface area contributed by atoms with Crippen molar-refractivity contribution >= 4 is 5.97 Å². The minimum atomic E-state index is -2.44. The summed E-state index contributed by atoms with van der Waals surface area (Å²) >= 11 is 0. The Kier molecular flexibility index (Phi) is 4.45. The lowest BCUT2D eigenvalue weighted by Gasteiger charge is -2.32. The van der Waals surface area contributed by atoms with Crippen molar-refractivity contribution in [2.24, 2.45) is 5.41 Å². The van der Waals surface area contributed by atoms with Gasteiger partial charge in [0.25, 0.3) is 0 Å². The third kappa shape index (κ3) is 3.12. The SMILES string of the molecule is CCOC(=O)C1(CC(F)F)CCC[NH2+]C1. The maximum atomic E-state index is 12.4. The smallest absolute Gasteiger partial charge is 0.318 e. The van der Waals surface area contributed by atoms with Gasteiger partial charge in [0, 0.05) is 6.42 Å². The van der Waals surface area contributed by atoms with Crippen LogP contribution in [0.2, 0.25) is 0 Å². The average Bonchev–Trinajstić information content (AvgIpc) is 2.18. The molecule has 0 aromatic carbocycles. The molecule has 0 spiro atoms. The van der Waals surface area contributed by atoms with E-state index in [1.54, 1.807) is 6.92 Å². The van der Waals surface area contributed by atoms with Crippen molar-refractivity contribution in [3.05, 3.63) is 0 Å². The Bertz CT molecular complexity index is 215. The van der Waals surface area contributed by atoms with Crippen LogP contribution < -0.4 is 5.32 Å². The molecule has 1 atom stereocenters. The molecule has 1 rings (SSSR count). The van der Waals surface area contributed by atoms with Crippen LogP contribution in [0, 0.1) is 5.41 Å². The van der Waals surface area contributed by atoms with E-state index in [9.17, 15) is 13.6 Å². The summed E-state index contributed by atoms with van der Waals surface area (Å²) in [5.74, 6) is -0.457. The zero-order valence-corrected chi connectivity index (χ0v) is 8.97. The third-order valence-corrected chi connectivity index (χ3v) is 2.85. The minimum Gasteiger partial charge on any atom is -0.465 e. The fourth-order valence-electron chi connectivity index (χ4n) is 2.10. The van der Waals surface area contributed by atoms with Crippen LogP contribution in [0.3, 0.4) is 0 Å². The van der Waals surface area contributed by atoms with Gasteiger partial charge in [-0.2, -0.15) is 0 Å². The Balaban J connectivity index is 2.69. The molecule has 0 saturated carbocycles. The van der Waals surface area contributed by atoms with Gasteiger partial charge < -0.3 is 10.1 Å². The highest BCUT2D eigenvalue weighted by Gasteiger charge is 2.45. The molecule has 0 bridgehead atoms. The highest BCUT2D eigenvalue weighted by molar-refractivity contribution is 5.77. The van der Waals surface area contributed by atoms with Crippen molar-refractivity contribution in [3.8, 4) is 0 Å². The number of carbonyl (C=O) groups excluding carboxylic acids is 1. The predicted molar refractivity (Wildman–Crippen MR) is 50.6 cm³/mol. The van der Waals surface area contributed by atoms with E-state index in [1.165, 1.54) is 0 Å². The van der Waals surface area contributed by atoms with E-state index in [-0.39, 0.29) is 13.0 Å². The third-order valence-electron chi connectivity index (χ3n) is 2.85. The molecule has 88 valence electrons. The van der Waals surface area contributed by atoms with Gasteiger partial charge in [0.05, 0.1) is 19.7 Å². The van der Waals surface area contributed by atoms with Gasteiger partial charge in [-0.1, -0.05) is 0 Å². The number of nitrogens with two attached hydrogens (primary N) is 1. The van der Waals surface area contributed by atoms with Gasteiger partial charge >= 0.3 is 5.97 Å². The van der Waals surface area contributed by atoms with Gasteiger partial charge in [-0.25, -0.2) is 8.78 Å². The zero-order valence-electron chi connectivity index (χ0n) is 8.97. The molecule has 1 heterocycles. The van der Waals surface area contributed by atoms with E-state index in [4.69, 9.17) is 4.74 Å². The lowest BCUT2D eigenvalue weighted by atomic mass is 9.78. The fraction of sp³-hybridized carbons (Fsp3) is 0.900. The number of rotatable bonds is 4. The van der Waals surface area contributed by atoms with E-state index < -0.39 is 17.8 Å². The van der Waals surface area contributed by atoms with Crippen LogP contribution in [0.25, 0.3) is 0 Å². The lowest BCUT2D eigenvalue weighted by Crippen LogP contribution is -2.89. The zero-order chi connectivity index (χ0) is 11.3. The van der Waals surface area contributed by atoms with E-state index >= 15 is 0 Å². The quantitative estimate of drug-likeness (QED) is 0.706. The standard InChI is InChI=1S/C10H17F2NO2/c1-2-15-9(14)10(6-8(11)12)4-3-5-13-7-10/h8,13H,2-7H2,1H3/p+1. The maximum Gasteiger partial charge on any atom is 0.318 e. The van der Waals surface area contributed by atoms with Crippen molar-refractivity contribution in [3.63, 3.8) is 0 Å². The van der Waals surface area contributed by atoms with Crippen LogP contribution in [0.4, 0.5) is 8.78 Å². The number of quaternary nitrogens is 1. The monoisotopic (exact) mass is 222 g/mol. The second kappa shape index (κ2) is 5.39. The van der Waals surface area contributed by atoms with Crippen LogP contribution in [0.1, 0.15) is 26.2 Å². The Hall–Kier alpha value is -0.710. The van der Waals surface area contributed by atoms with E-state index in [2.05, 4.69) is 0 Å². The summed E-state index contributed by atoms with van der Waals surface area (Å²) in [5, 5.41) is 1.92. The Morgan fingerprint density at radius 1 is 1.60 bits per heavy atom. The van der Waals surface area contributed by atoms with E-state index in [0.29, 0.717) is 13.0 Å². The number of hydrogen-bond donors (Lipinski definition) is 1. The maximum absolute atomic E-state index is 12.4. The summed E-state index contributed by atoms with van der Waals surface area (Å²) in [6.07, 6.45) is -1.50. The second-order valence-electron chi connectivity index (χ2n) is 3.98.